The topological polar surface area (TPSA) is 65.9 Å². The van der Waals surface area contributed by atoms with Crippen LogP contribution >= 0.6 is 24.0 Å². The van der Waals surface area contributed by atoms with Gasteiger partial charge in [-0.1, -0.05) is 25.1 Å². The summed E-state index contributed by atoms with van der Waals surface area (Å²) in [5.74, 6) is 2.98. The molecule has 1 atom stereocenters. The molecule has 1 aliphatic rings. The van der Waals surface area contributed by atoms with Crippen LogP contribution in [0.15, 0.2) is 47.7 Å². The Balaban J connectivity index is 0.00000280. The van der Waals surface area contributed by atoms with Crippen LogP contribution in [-0.2, 0) is 0 Å². The van der Waals surface area contributed by atoms with Gasteiger partial charge in [-0.3, -0.25) is 4.99 Å². The Labute approximate surface area is 184 Å². The van der Waals surface area contributed by atoms with Crippen molar-refractivity contribution in [1.29, 1.82) is 0 Å². The van der Waals surface area contributed by atoms with Gasteiger partial charge in [-0.2, -0.15) is 0 Å². The molecule has 7 nitrogen and oxygen atoms in total. The van der Waals surface area contributed by atoms with Gasteiger partial charge in [0.2, 0.25) is 5.95 Å². The van der Waals surface area contributed by atoms with E-state index in [0.29, 0.717) is 5.92 Å². The maximum Gasteiger partial charge on any atom is 0.225 e. The van der Waals surface area contributed by atoms with E-state index in [0.717, 1.165) is 50.4 Å². The van der Waals surface area contributed by atoms with E-state index < -0.39 is 0 Å². The zero-order valence-corrected chi connectivity index (χ0v) is 19.0. The molecule has 0 amide bonds. The first kappa shape index (κ1) is 22.2. The standard InChI is InChI=1S/C20H28N6O.HI/c1-16(17-7-4-5-8-18(17)27-3)15-24-19(21-2)25-11-13-26(14-12-25)20-22-9-6-10-23-20;/h4-10,16H,11-15H2,1-3H3,(H,21,24);1H. The van der Waals surface area contributed by atoms with E-state index in [1.807, 2.05) is 31.3 Å². The smallest absolute Gasteiger partial charge is 0.225 e. The van der Waals surface area contributed by atoms with Gasteiger partial charge in [0.05, 0.1) is 7.11 Å². The number of aromatic nitrogens is 2. The van der Waals surface area contributed by atoms with Crippen LogP contribution in [0.1, 0.15) is 18.4 Å². The van der Waals surface area contributed by atoms with Crippen molar-refractivity contribution in [2.45, 2.75) is 12.8 Å². The maximum absolute atomic E-state index is 5.48. The van der Waals surface area contributed by atoms with E-state index >= 15 is 0 Å². The molecule has 2 aromatic rings. The number of methoxy groups -OCH3 is 1. The van der Waals surface area contributed by atoms with E-state index in [1.165, 1.54) is 5.56 Å². The molecule has 1 saturated heterocycles. The maximum atomic E-state index is 5.48. The minimum atomic E-state index is 0. The Morgan fingerprint density at radius 3 is 2.46 bits per heavy atom. The molecular weight excluding hydrogens is 467 g/mol. The summed E-state index contributed by atoms with van der Waals surface area (Å²) in [6.07, 6.45) is 3.57. The average molecular weight is 496 g/mol. The fourth-order valence-electron chi connectivity index (χ4n) is 3.33. The van der Waals surface area contributed by atoms with Crippen LogP contribution in [0.5, 0.6) is 5.75 Å². The Hall–Kier alpha value is -2.10. The quantitative estimate of drug-likeness (QED) is 0.390. The zero-order chi connectivity index (χ0) is 19.1. The van der Waals surface area contributed by atoms with Crippen molar-refractivity contribution in [2.75, 3.05) is 51.8 Å². The molecular formula is C20H29IN6O. The number of halogens is 1. The molecule has 8 heteroatoms. The van der Waals surface area contributed by atoms with Crippen molar-refractivity contribution in [3.63, 3.8) is 0 Å². The number of ether oxygens (including phenoxy) is 1. The van der Waals surface area contributed by atoms with Gasteiger partial charge in [-0.05, 0) is 17.7 Å². The first-order valence-electron chi connectivity index (χ1n) is 9.33. The van der Waals surface area contributed by atoms with E-state index in [9.17, 15) is 0 Å². The number of para-hydroxylation sites is 1. The molecule has 2 heterocycles. The lowest BCUT2D eigenvalue weighted by atomic mass is 10.0. The second-order valence-corrected chi connectivity index (χ2v) is 6.59. The highest BCUT2D eigenvalue weighted by atomic mass is 127. The number of rotatable bonds is 5. The second kappa shape index (κ2) is 11.0. The van der Waals surface area contributed by atoms with Crippen molar-refractivity contribution in [2.24, 2.45) is 4.99 Å². The van der Waals surface area contributed by atoms with Crippen LogP contribution in [0.4, 0.5) is 5.95 Å². The number of anilines is 1. The summed E-state index contributed by atoms with van der Waals surface area (Å²) in [6, 6.07) is 10.0. The molecule has 1 fully saturated rings. The number of benzene rings is 1. The van der Waals surface area contributed by atoms with Crippen LogP contribution in [0.25, 0.3) is 0 Å². The largest absolute Gasteiger partial charge is 0.496 e. The molecule has 0 spiro atoms. The first-order valence-corrected chi connectivity index (χ1v) is 9.33. The number of piperazine rings is 1. The fraction of sp³-hybridized carbons (Fsp3) is 0.450. The molecule has 152 valence electrons. The first-order chi connectivity index (χ1) is 13.2. The number of aliphatic imine (C=N–C) groups is 1. The van der Waals surface area contributed by atoms with Gasteiger partial charge in [-0.15, -0.1) is 24.0 Å². The number of guanidine groups is 1. The van der Waals surface area contributed by atoms with Gasteiger partial charge in [0.25, 0.3) is 0 Å². The third-order valence-electron chi connectivity index (χ3n) is 4.86. The van der Waals surface area contributed by atoms with Gasteiger partial charge in [-0.25, -0.2) is 9.97 Å². The molecule has 1 aromatic heterocycles. The van der Waals surface area contributed by atoms with Crippen molar-refractivity contribution in [3.05, 3.63) is 48.3 Å². The lowest BCUT2D eigenvalue weighted by molar-refractivity contribution is 0.368. The van der Waals surface area contributed by atoms with Crippen molar-refractivity contribution in [1.82, 2.24) is 20.2 Å². The van der Waals surface area contributed by atoms with Crippen molar-refractivity contribution < 1.29 is 4.74 Å². The second-order valence-electron chi connectivity index (χ2n) is 6.59. The van der Waals surface area contributed by atoms with E-state index in [1.54, 1.807) is 19.5 Å². The molecule has 0 saturated carbocycles. The van der Waals surface area contributed by atoms with Gasteiger partial charge >= 0.3 is 0 Å². The third kappa shape index (κ3) is 5.46. The number of hydrogen-bond acceptors (Lipinski definition) is 5. The highest BCUT2D eigenvalue weighted by Crippen LogP contribution is 2.25. The molecule has 0 aliphatic carbocycles. The molecule has 1 aromatic carbocycles. The Kier molecular flexibility index (Phi) is 8.75. The third-order valence-corrected chi connectivity index (χ3v) is 4.86. The van der Waals surface area contributed by atoms with Crippen molar-refractivity contribution in [3.8, 4) is 5.75 Å². The summed E-state index contributed by atoms with van der Waals surface area (Å²) in [5, 5.41) is 3.51. The summed E-state index contributed by atoms with van der Waals surface area (Å²) in [4.78, 5) is 17.6. The lowest BCUT2D eigenvalue weighted by Crippen LogP contribution is -2.53. The van der Waals surface area contributed by atoms with Crippen molar-refractivity contribution >= 4 is 35.9 Å². The highest BCUT2D eigenvalue weighted by Gasteiger charge is 2.21. The van der Waals surface area contributed by atoms with E-state index in [4.69, 9.17) is 4.74 Å². The summed E-state index contributed by atoms with van der Waals surface area (Å²) >= 11 is 0. The van der Waals surface area contributed by atoms with Crippen LogP contribution < -0.4 is 15.0 Å². The normalized spacial score (nSPS) is 15.6. The van der Waals surface area contributed by atoms with Crippen LogP contribution in [0, 0.1) is 0 Å². The zero-order valence-electron chi connectivity index (χ0n) is 16.7. The molecule has 1 aliphatic heterocycles. The molecule has 3 rings (SSSR count). The molecule has 0 radical (unpaired) electrons. The van der Waals surface area contributed by atoms with Gasteiger partial charge in [0.15, 0.2) is 5.96 Å². The summed E-state index contributed by atoms with van der Waals surface area (Å²) in [7, 11) is 3.55. The fourth-order valence-corrected chi connectivity index (χ4v) is 3.33. The van der Waals surface area contributed by atoms with E-state index in [-0.39, 0.29) is 24.0 Å². The Morgan fingerprint density at radius 2 is 1.82 bits per heavy atom. The highest BCUT2D eigenvalue weighted by molar-refractivity contribution is 14.0. The average Bonchev–Trinajstić information content (AvgIpc) is 2.75. The number of nitrogens with one attached hydrogen (secondary N) is 1. The molecule has 1 N–H and O–H groups in total. The summed E-state index contributed by atoms with van der Waals surface area (Å²) in [6.45, 7) is 6.54. The predicted octanol–water partition coefficient (Wildman–Crippen LogP) is 2.60. The number of nitrogens with zero attached hydrogens (tertiary/aromatic N) is 5. The minimum absolute atomic E-state index is 0. The Bertz CT molecular complexity index is 749. The van der Waals surface area contributed by atoms with Crippen LogP contribution in [0.2, 0.25) is 0 Å². The number of hydrogen-bond donors (Lipinski definition) is 1. The lowest BCUT2D eigenvalue weighted by Gasteiger charge is -2.36. The molecule has 1 unspecified atom stereocenters. The van der Waals surface area contributed by atoms with Gasteiger partial charge in [0.1, 0.15) is 5.75 Å². The minimum Gasteiger partial charge on any atom is -0.496 e. The predicted molar refractivity (Wildman–Crippen MR) is 124 cm³/mol. The molecule has 0 bridgehead atoms. The monoisotopic (exact) mass is 496 g/mol. The Morgan fingerprint density at radius 1 is 1.14 bits per heavy atom. The van der Waals surface area contributed by atoms with Gasteiger partial charge < -0.3 is 19.9 Å². The summed E-state index contributed by atoms with van der Waals surface area (Å²) < 4.78 is 5.48. The van der Waals surface area contributed by atoms with Crippen LogP contribution in [-0.4, -0.2) is 67.7 Å². The van der Waals surface area contributed by atoms with E-state index in [2.05, 4.69) is 43.1 Å². The molecule has 28 heavy (non-hydrogen) atoms. The summed E-state index contributed by atoms with van der Waals surface area (Å²) in [5.41, 5.74) is 1.20. The SMILES string of the molecule is CN=C(NCC(C)c1ccccc1OC)N1CCN(c2ncccn2)CC1.I. The van der Waals surface area contributed by atoms with Crippen LogP contribution in [0.3, 0.4) is 0 Å². The van der Waals surface area contributed by atoms with Gasteiger partial charge in [0, 0.05) is 58.1 Å².